The van der Waals surface area contributed by atoms with Gasteiger partial charge in [0, 0.05) is 19.3 Å². The average Bonchev–Trinajstić information content (AvgIpc) is 2.89. The van der Waals surface area contributed by atoms with Gasteiger partial charge in [0.1, 0.15) is 0 Å². The lowest BCUT2D eigenvalue weighted by Gasteiger charge is -2.23. The lowest BCUT2D eigenvalue weighted by Crippen LogP contribution is -2.40. The van der Waals surface area contributed by atoms with Crippen LogP contribution in [0.2, 0.25) is 15.1 Å². The molecule has 0 bridgehead atoms. The summed E-state index contributed by atoms with van der Waals surface area (Å²) in [5.74, 6) is -1.51. The fraction of sp³-hybridized carbons (Fsp3) is 0.462. The third-order valence-electron chi connectivity index (χ3n) is 3.59. The molecule has 1 aromatic rings. The van der Waals surface area contributed by atoms with Crippen molar-refractivity contribution in [2.75, 3.05) is 25.2 Å². The Bertz CT molecular complexity index is 784. The van der Waals surface area contributed by atoms with Crippen molar-refractivity contribution in [1.82, 2.24) is 9.88 Å². The number of carbonyl (C=O) groups excluding carboxylic acids is 2. The molecule has 1 aliphatic heterocycles. The molecule has 0 radical (unpaired) electrons. The Morgan fingerprint density at radius 2 is 2.00 bits per heavy atom. The third-order valence-corrected chi connectivity index (χ3v) is 6.58. The van der Waals surface area contributed by atoms with Crippen LogP contribution in [0.3, 0.4) is 0 Å². The fourth-order valence-corrected chi connectivity index (χ4v) is 4.50. The van der Waals surface area contributed by atoms with E-state index < -0.39 is 34.4 Å². The molecule has 2 heterocycles. The maximum Gasteiger partial charge on any atom is 0.359 e. The van der Waals surface area contributed by atoms with Crippen LogP contribution < -0.4 is 0 Å². The standard InChI is InChI=1S/C13H13Cl3N2O5S/c1-18(7-2-3-24(21,22)6-7)9(19)5-23-13(20)12-11(16)10(15)8(14)4-17-12/h4,7H,2-3,5-6H2,1H3/t7-/m1/s1. The Hall–Kier alpha value is -1.09. The van der Waals surface area contributed by atoms with Crippen LogP contribution in [0.5, 0.6) is 0 Å². The van der Waals surface area contributed by atoms with Gasteiger partial charge < -0.3 is 9.64 Å². The van der Waals surface area contributed by atoms with Gasteiger partial charge in [-0.05, 0) is 6.42 Å². The maximum atomic E-state index is 12.0. The molecular formula is C13H13Cl3N2O5S. The highest BCUT2D eigenvalue weighted by atomic mass is 35.5. The van der Waals surface area contributed by atoms with Crippen molar-refractivity contribution in [3.63, 3.8) is 0 Å². The zero-order valence-electron chi connectivity index (χ0n) is 12.5. The molecule has 2 rings (SSSR count). The molecule has 1 saturated heterocycles. The van der Waals surface area contributed by atoms with Gasteiger partial charge in [0.25, 0.3) is 5.91 Å². The van der Waals surface area contributed by atoms with E-state index in [1.807, 2.05) is 0 Å². The van der Waals surface area contributed by atoms with E-state index >= 15 is 0 Å². The largest absolute Gasteiger partial charge is 0.451 e. The second-order valence-corrected chi connectivity index (χ2v) is 8.61. The number of rotatable bonds is 4. The van der Waals surface area contributed by atoms with Crippen LogP contribution in [0.15, 0.2) is 6.20 Å². The summed E-state index contributed by atoms with van der Waals surface area (Å²) in [7, 11) is -1.65. The third kappa shape index (κ3) is 4.30. The van der Waals surface area contributed by atoms with Crippen molar-refractivity contribution >= 4 is 56.5 Å². The van der Waals surface area contributed by atoms with Gasteiger partial charge in [-0.1, -0.05) is 34.8 Å². The Labute approximate surface area is 153 Å². The van der Waals surface area contributed by atoms with Crippen molar-refractivity contribution in [2.45, 2.75) is 12.5 Å². The molecule has 0 aliphatic carbocycles. The molecule has 1 aromatic heterocycles. The van der Waals surface area contributed by atoms with Gasteiger partial charge in [-0.3, -0.25) is 4.79 Å². The topological polar surface area (TPSA) is 93.6 Å². The number of carbonyl (C=O) groups is 2. The molecule has 132 valence electrons. The van der Waals surface area contributed by atoms with Crippen LogP contribution in [0.25, 0.3) is 0 Å². The number of sulfone groups is 1. The van der Waals surface area contributed by atoms with Crippen molar-refractivity contribution in [1.29, 1.82) is 0 Å². The van der Waals surface area contributed by atoms with Gasteiger partial charge in [0.2, 0.25) is 0 Å². The van der Waals surface area contributed by atoms with Crippen molar-refractivity contribution in [3.8, 4) is 0 Å². The average molecular weight is 416 g/mol. The lowest BCUT2D eigenvalue weighted by molar-refractivity contribution is -0.134. The summed E-state index contributed by atoms with van der Waals surface area (Å²) in [6, 6.07) is -0.423. The first-order valence-electron chi connectivity index (χ1n) is 6.75. The van der Waals surface area contributed by atoms with Crippen LogP contribution in [0.1, 0.15) is 16.9 Å². The monoisotopic (exact) mass is 414 g/mol. The number of esters is 1. The number of aromatic nitrogens is 1. The SMILES string of the molecule is CN(C(=O)COC(=O)c1ncc(Cl)c(Cl)c1Cl)[C@@H]1CCS(=O)(=O)C1. The second kappa shape index (κ2) is 7.43. The maximum absolute atomic E-state index is 12.0. The molecule has 1 atom stereocenters. The molecule has 11 heteroatoms. The van der Waals surface area contributed by atoms with Crippen molar-refractivity contribution < 1.29 is 22.7 Å². The molecule has 0 spiro atoms. The Balaban J connectivity index is 1.97. The number of amides is 1. The van der Waals surface area contributed by atoms with Crippen molar-refractivity contribution in [3.05, 3.63) is 27.0 Å². The molecule has 1 aliphatic rings. The summed E-state index contributed by atoms with van der Waals surface area (Å²) in [4.78, 5) is 29.0. The number of hydrogen-bond acceptors (Lipinski definition) is 6. The first-order valence-corrected chi connectivity index (χ1v) is 9.70. The fourth-order valence-electron chi connectivity index (χ4n) is 2.17. The van der Waals surface area contributed by atoms with E-state index in [4.69, 9.17) is 39.5 Å². The number of halogens is 3. The normalized spacial score (nSPS) is 19.1. The predicted molar refractivity (Wildman–Crippen MR) is 89.4 cm³/mol. The van der Waals surface area contributed by atoms with Gasteiger partial charge in [-0.25, -0.2) is 18.2 Å². The van der Waals surface area contributed by atoms with Gasteiger partial charge in [0.05, 0.1) is 26.6 Å². The number of ether oxygens (including phenoxy) is 1. The van der Waals surface area contributed by atoms with Gasteiger partial charge in [0.15, 0.2) is 22.1 Å². The Morgan fingerprint density at radius 3 is 2.58 bits per heavy atom. The highest BCUT2D eigenvalue weighted by Crippen LogP contribution is 2.31. The first-order chi connectivity index (χ1) is 11.1. The number of nitrogens with zero attached hydrogens (tertiary/aromatic N) is 2. The Kier molecular flexibility index (Phi) is 5.95. The molecule has 7 nitrogen and oxygen atoms in total. The van der Waals surface area contributed by atoms with Gasteiger partial charge in [-0.15, -0.1) is 0 Å². The van der Waals surface area contributed by atoms with E-state index in [1.165, 1.54) is 11.9 Å². The van der Waals surface area contributed by atoms with Crippen molar-refractivity contribution in [2.24, 2.45) is 0 Å². The van der Waals surface area contributed by atoms with Crippen LogP contribution in [-0.2, 0) is 19.4 Å². The van der Waals surface area contributed by atoms with Crippen LogP contribution in [-0.4, -0.2) is 61.4 Å². The lowest BCUT2D eigenvalue weighted by atomic mass is 10.2. The summed E-state index contributed by atoms with van der Waals surface area (Å²) < 4.78 is 27.8. The molecule has 0 aromatic carbocycles. The summed E-state index contributed by atoms with van der Waals surface area (Å²) in [5.41, 5.74) is -0.259. The highest BCUT2D eigenvalue weighted by Gasteiger charge is 2.33. The van der Waals surface area contributed by atoms with E-state index in [0.717, 1.165) is 6.20 Å². The summed E-state index contributed by atoms with van der Waals surface area (Å²) in [5, 5.41) is -0.131. The molecule has 1 fully saturated rings. The number of likely N-dealkylation sites (N-methyl/N-ethyl adjacent to an activating group) is 1. The Morgan fingerprint density at radius 1 is 1.33 bits per heavy atom. The molecule has 0 N–H and O–H groups in total. The predicted octanol–water partition coefficient (Wildman–Crippen LogP) is 1.84. The highest BCUT2D eigenvalue weighted by molar-refractivity contribution is 7.91. The summed E-state index contributed by atoms with van der Waals surface area (Å²) in [6.45, 7) is -0.565. The molecular weight excluding hydrogens is 403 g/mol. The van der Waals surface area contributed by atoms with Crippen LogP contribution in [0.4, 0.5) is 0 Å². The number of hydrogen-bond donors (Lipinski definition) is 0. The van der Waals surface area contributed by atoms with E-state index in [9.17, 15) is 18.0 Å². The van der Waals surface area contributed by atoms with Crippen LogP contribution in [0, 0.1) is 0 Å². The molecule has 0 unspecified atom stereocenters. The summed E-state index contributed by atoms with van der Waals surface area (Å²) >= 11 is 17.4. The van der Waals surface area contributed by atoms with E-state index in [0.29, 0.717) is 6.42 Å². The van der Waals surface area contributed by atoms with E-state index in [1.54, 1.807) is 0 Å². The number of pyridine rings is 1. The zero-order chi connectivity index (χ0) is 18.1. The van der Waals surface area contributed by atoms with Crippen LogP contribution >= 0.6 is 34.8 Å². The van der Waals surface area contributed by atoms with Gasteiger partial charge >= 0.3 is 5.97 Å². The van der Waals surface area contributed by atoms with E-state index in [2.05, 4.69) is 4.98 Å². The smallest absolute Gasteiger partial charge is 0.359 e. The molecule has 24 heavy (non-hydrogen) atoms. The minimum absolute atomic E-state index is 0.0396. The zero-order valence-corrected chi connectivity index (χ0v) is 15.5. The van der Waals surface area contributed by atoms with Gasteiger partial charge in [-0.2, -0.15) is 0 Å². The first kappa shape index (κ1) is 19.2. The molecule has 1 amide bonds. The quantitative estimate of drug-likeness (QED) is 0.697. The minimum atomic E-state index is -3.12. The molecule has 0 saturated carbocycles. The van der Waals surface area contributed by atoms with E-state index in [-0.39, 0.29) is 32.3 Å². The summed E-state index contributed by atoms with van der Waals surface area (Å²) in [6.07, 6.45) is 1.50. The second-order valence-electron chi connectivity index (χ2n) is 5.22. The minimum Gasteiger partial charge on any atom is -0.451 e.